The third-order valence-electron chi connectivity index (χ3n) is 2.34. The maximum absolute atomic E-state index is 8.59. The Bertz CT molecular complexity index is 375. The molecule has 0 aromatic carbocycles. The average molecular weight is 207 g/mol. The number of hydrogen-bond acceptors (Lipinski definition) is 4. The first-order chi connectivity index (χ1) is 7.31. The molecule has 1 saturated carbocycles. The van der Waals surface area contributed by atoms with Crippen LogP contribution in [0.4, 0.5) is 0 Å². The molecule has 5 heteroatoms. The summed E-state index contributed by atoms with van der Waals surface area (Å²) in [6.07, 6.45) is 5.60. The first-order valence-corrected chi connectivity index (χ1v) is 4.86. The summed E-state index contributed by atoms with van der Waals surface area (Å²) in [6.45, 7) is 0.678. The number of amidine groups is 1. The van der Waals surface area contributed by atoms with Crippen molar-refractivity contribution in [3.05, 3.63) is 24.0 Å². The predicted octanol–water partition coefficient (Wildman–Crippen LogP) is 0.965. The van der Waals surface area contributed by atoms with Crippen molar-refractivity contribution in [2.45, 2.75) is 12.8 Å². The van der Waals surface area contributed by atoms with Crippen molar-refractivity contribution in [2.24, 2.45) is 16.8 Å². The van der Waals surface area contributed by atoms with Gasteiger partial charge in [0.1, 0.15) is 5.75 Å². The van der Waals surface area contributed by atoms with E-state index in [1.54, 1.807) is 18.5 Å². The molecule has 1 fully saturated rings. The van der Waals surface area contributed by atoms with Gasteiger partial charge in [0.2, 0.25) is 0 Å². The summed E-state index contributed by atoms with van der Waals surface area (Å²) >= 11 is 0. The molecule has 0 unspecified atom stereocenters. The minimum atomic E-state index is 0.0446. The van der Waals surface area contributed by atoms with Gasteiger partial charge in [-0.3, -0.25) is 4.98 Å². The summed E-state index contributed by atoms with van der Waals surface area (Å²) in [5.41, 5.74) is 6.09. The van der Waals surface area contributed by atoms with Crippen LogP contribution in [0.5, 0.6) is 5.75 Å². The highest BCUT2D eigenvalue weighted by Crippen LogP contribution is 2.30. The van der Waals surface area contributed by atoms with E-state index in [1.807, 2.05) is 0 Å². The number of nitrogens with zero attached hydrogens (tertiary/aromatic N) is 2. The second-order valence-corrected chi connectivity index (χ2v) is 3.61. The Labute approximate surface area is 87.6 Å². The molecule has 1 aromatic rings. The number of ether oxygens (including phenoxy) is 1. The van der Waals surface area contributed by atoms with Gasteiger partial charge >= 0.3 is 0 Å². The Balaban J connectivity index is 2.12. The lowest BCUT2D eigenvalue weighted by atomic mass is 10.2. The quantitative estimate of drug-likeness (QED) is 0.333. The SMILES string of the molecule is N/C(=N/O)c1ccncc1OCC1CC1. The zero-order chi connectivity index (χ0) is 10.7. The van der Waals surface area contributed by atoms with Crippen molar-refractivity contribution in [1.29, 1.82) is 0 Å². The fourth-order valence-electron chi connectivity index (χ4n) is 1.25. The normalized spacial score (nSPS) is 16.4. The van der Waals surface area contributed by atoms with E-state index in [4.69, 9.17) is 15.7 Å². The van der Waals surface area contributed by atoms with Crippen LogP contribution in [0.1, 0.15) is 18.4 Å². The van der Waals surface area contributed by atoms with E-state index in [0.29, 0.717) is 23.8 Å². The predicted molar refractivity (Wildman–Crippen MR) is 55.0 cm³/mol. The number of pyridine rings is 1. The van der Waals surface area contributed by atoms with Crippen molar-refractivity contribution in [3.63, 3.8) is 0 Å². The number of rotatable bonds is 4. The second kappa shape index (κ2) is 4.16. The highest BCUT2D eigenvalue weighted by molar-refractivity contribution is 5.99. The minimum Gasteiger partial charge on any atom is -0.491 e. The fraction of sp³-hybridized carbons (Fsp3) is 0.400. The minimum absolute atomic E-state index is 0.0446. The van der Waals surface area contributed by atoms with E-state index < -0.39 is 0 Å². The lowest BCUT2D eigenvalue weighted by Crippen LogP contribution is -2.15. The molecular formula is C10H13N3O2. The molecule has 1 aromatic heterocycles. The molecule has 80 valence electrons. The number of hydrogen-bond donors (Lipinski definition) is 2. The first-order valence-electron chi connectivity index (χ1n) is 4.86. The van der Waals surface area contributed by atoms with E-state index in [9.17, 15) is 0 Å². The second-order valence-electron chi connectivity index (χ2n) is 3.61. The molecule has 0 spiro atoms. The molecule has 2 rings (SSSR count). The summed E-state index contributed by atoms with van der Waals surface area (Å²) in [5.74, 6) is 1.27. The molecule has 3 N–H and O–H groups in total. The van der Waals surface area contributed by atoms with Gasteiger partial charge in [-0.2, -0.15) is 0 Å². The van der Waals surface area contributed by atoms with Crippen LogP contribution in [0.25, 0.3) is 0 Å². The molecule has 0 bridgehead atoms. The third-order valence-corrected chi connectivity index (χ3v) is 2.34. The van der Waals surface area contributed by atoms with Gasteiger partial charge in [0.25, 0.3) is 0 Å². The summed E-state index contributed by atoms with van der Waals surface area (Å²) in [4.78, 5) is 3.94. The van der Waals surface area contributed by atoms with E-state index in [0.717, 1.165) is 0 Å². The Kier molecular flexibility index (Phi) is 2.71. The van der Waals surface area contributed by atoms with Crippen LogP contribution < -0.4 is 10.5 Å². The first kappa shape index (κ1) is 9.76. The van der Waals surface area contributed by atoms with Crippen LogP contribution in [0.15, 0.2) is 23.6 Å². The average Bonchev–Trinajstić information content (AvgIpc) is 3.09. The van der Waals surface area contributed by atoms with Gasteiger partial charge in [0.15, 0.2) is 5.84 Å². The molecule has 15 heavy (non-hydrogen) atoms. The summed E-state index contributed by atoms with van der Waals surface area (Å²) in [6, 6.07) is 1.66. The third kappa shape index (κ3) is 2.37. The van der Waals surface area contributed by atoms with Gasteiger partial charge in [-0.25, -0.2) is 0 Å². The molecule has 5 nitrogen and oxygen atoms in total. The molecule has 0 saturated heterocycles. The lowest BCUT2D eigenvalue weighted by Gasteiger charge is -2.08. The van der Waals surface area contributed by atoms with Crippen LogP contribution >= 0.6 is 0 Å². The number of nitrogens with two attached hydrogens (primary N) is 1. The summed E-state index contributed by atoms with van der Waals surface area (Å²) in [5, 5.41) is 11.5. The maximum Gasteiger partial charge on any atom is 0.173 e. The highest BCUT2D eigenvalue weighted by Gasteiger charge is 2.22. The Morgan fingerprint density at radius 3 is 3.13 bits per heavy atom. The smallest absolute Gasteiger partial charge is 0.173 e. The number of oxime groups is 1. The van der Waals surface area contributed by atoms with E-state index in [1.165, 1.54) is 12.8 Å². The molecule has 0 amide bonds. The van der Waals surface area contributed by atoms with Crippen molar-refractivity contribution < 1.29 is 9.94 Å². The highest BCUT2D eigenvalue weighted by atomic mass is 16.5. The van der Waals surface area contributed by atoms with Crippen molar-refractivity contribution >= 4 is 5.84 Å². The monoisotopic (exact) mass is 207 g/mol. The molecule has 1 heterocycles. The van der Waals surface area contributed by atoms with Crippen molar-refractivity contribution in [2.75, 3.05) is 6.61 Å². The van der Waals surface area contributed by atoms with E-state index in [-0.39, 0.29) is 5.84 Å². The Morgan fingerprint density at radius 2 is 2.47 bits per heavy atom. The number of aromatic nitrogens is 1. The maximum atomic E-state index is 8.59. The van der Waals surface area contributed by atoms with E-state index >= 15 is 0 Å². The van der Waals surface area contributed by atoms with Crippen LogP contribution in [-0.2, 0) is 0 Å². The van der Waals surface area contributed by atoms with Crippen LogP contribution in [0.2, 0.25) is 0 Å². The molecule has 1 aliphatic rings. The van der Waals surface area contributed by atoms with Gasteiger partial charge in [0.05, 0.1) is 18.4 Å². The Morgan fingerprint density at radius 1 is 1.67 bits per heavy atom. The van der Waals surface area contributed by atoms with Gasteiger partial charge in [-0.1, -0.05) is 5.16 Å². The molecule has 0 atom stereocenters. The largest absolute Gasteiger partial charge is 0.491 e. The summed E-state index contributed by atoms with van der Waals surface area (Å²) in [7, 11) is 0. The Hall–Kier alpha value is -1.78. The fourth-order valence-corrected chi connectivity index (χ4v) is 1.25. The molecule has 0 aliphatic heterocycles. The topological polar surface area (TPSA) is 80.7 Å². The molecule has 0 radical (unpaired) electrons. The lowest BCUT2D eigenvalue weighted by molar-refractivity contribution is 0.296. The van der Waals surface area contributed by atoms with Crippen molar-refractivity contribution in [1.82, 2.24) is 4.98 Å². The summed E-state index contributed by atoms with van der Waals surface area (Å²) < 4.78 is 5.55. The van der Waals surface area contributed by atoms with Gasteiger partial charge in [-0.15, -0.1) is 0 Å². The van der Waals surface area contributed by atoms with Gasteiger partial charge in [0, 0.05) is 6.20 Å². The van der Waals surface area contributed by atoms with Crippen LogP contribution in [0, 0.1) is 5.92 Å². The molecular weight excluding hydrogens is 194 g/mol. The van der Waals surface area contributed by atoms with Crippen LogP contribution in [0.3, 0.4) is 0 Å². The van der Waals surface area contributed by atoms with E-state index in [2.05, 4.69) is 10.1 Å². The standard InChI is InChI=1S/C10H13N3O2/c11-10(13-14)8-3-4-12-5-9(8)15-6-7-1-2-7/h3-5,7,14H,1-2,6H2,(H2,11,13). The van der Waals surface area contributed by atoms with Gasteiger partial charge < -0.3 is 15.7 Å². The zero-order valence-electron chi connectivity index (χ0n) is 8.26. The van der Waals surface area contributed by atoms with Crippen LogP contribution in [-0.4, -0.2) is 22.6 Å². The van der Waals surface area contributed by atoms with Gasteiger partial charge in [-0.05, 0) is 24.8 Å². The zero-order valence-corrected chi connectivity index (χ0v) is 8.26. The van der Waals surface area contributed by atoms with Crippen molar-refractivity contribution in [3.8, 4) is 5.75 Å². The molecule has 1 aliphatic carbocycles.